The predicted octanol–water partition coefficient (Wildman–Crippen LogP) is 3.48. The standard InChI is InChI=1S/C14H21N3/c1-13(2,3)10-7-11-12(15-8-10)16-9-17(11)14(4,5)6/h7-9H,1-6H3. The Balaban J connectivity index is 2.67. The summed E-state index contributed by atoms with van der Waals surface area (Å²) >= 11 is 0. The van der Waals surface area contributed by atoms with Crippen molar-refractivity contribution in [2.75, 3.05) is 0 Å². The molecule has 0 aliphatic heterocycles. The van der Waals surface area contributed by atoms with Gasteiger partial charge in [-0.2, -0.15) is 0 Å². The Labute approximate surface area is 103 Å². The van der Waals surface area contributed by atoms with Gasteiger partial charge in [0, 0.05) is 11.7 Å². The molecule has 0 atom stereocenters. The molecule has 17 heavy (non-hydrogen) atoms. The first-order chi connectivity index (χ1) is 7.69. The Hall–Kier alpha value is -1.38. The summed E-state index contributed by atoms with van der Waals surface area (Å²) in [7, 11) is 0. The van der Waals surface area contributed by atoms with Crippen molar-refractivity contribution in [3.05, 3.63) is 24.2 Å². The number of rotatable bonds is 0. The molecule has 0 fully saturated rings. The fourth-order valence-electron chi connectivity index (χ4n) is 1.84. The molecule has 0 radical (unpaired) electrons. The third-order valence-electron chi connectivity index (χ3n) is 2.99. The molecule has 3 nitrogen and oxygen atoms in total. The minimum absolute atomic E-state index is 0.0347. The van der Waals surface area contributed by atoms with Gasteiger partial charge in [-0.3, -0.25) is 0 Å². The second-order valence-electron chi connectivity index (χ2n) is 6.60. The van der Waals surface area contributed by atoms with Crippen LogP contribution in [-0.4, -0.2) is 14.5 Å². The summed E-state index contributed by atoms with van der Waals surface area (Å²) in [5, 5.41) is 0. The highest BCUT2D eigenvalue weighted by Gasteiger charge is 2.20. The Morgan fingerprint density at radius 3 is 2.18 bits per heavy atom. The van der Waals surface area contributed by atoms with Crippen LogP contribution in [0, 0.1) is 0 Å². The van der Waals surface area contributed by atoms with Gasteiger partial charge in [0.15, 0.2) is 5.65 Å². The maximum Gasteiger partial charge on any atom is 0.177 e. The van der Waals surface area contributed by atoms with Gasteiger partial charge >= 0.3 is 0 Å². The van der Waals surface area contributed by atoms with E-state index in [1.807, 2.05) is 12.5 Å². The van der Waals surface area contributed by atoms with Gasteiger partial charge in [0.2, 0.25) is 0 Å². The summed E-state index contributed by atoms with van der Waals surface area (Å²) in [5.41, 5.74) is 3.34. The van der Waals surface area contributed by atoms with Gasteiger partial charge in [0.1, 0.15) is 0 Å². The molecule has 3 heteroatoms. The largest absolute Gasteiger partial charge is 0.324 e. The number of hydrogen-bond acceptors (Lipinski definition) is 2. The quantitative estimate of drug-likeness (QED) is 0.695. The van der Waals surface area contributed by atoms with Crippen LogP contribution in [0.4, 0.5) is 0 Å². The molecule has 0 aliphatic carbocycles. The highest BCUT2D eigenvalue weighted by molar-refractivity contribution is 5.72. The predicted molar refractivity (Wildman–Crippen MR) is 71.2 cm³/mol. The fourth-order valence-corrected chi connectivity index (χ4v) is 1.84. The molecule has 92 valence electrons. The lowest BCUT2D eigenvalue weighted by molar-refractivity contribution is 0.408. The first-order valence-electron chi connectivity index (χ1n) is 6.04. The van der Waals surface area contributed by atoms with E-state index in [4.69, 9.17) is 0 Å². The molecule has 0 N–H and O–H groups in total. The van der Waals surface area contributed by atoms with Gasteiger partial charge in [-0.05, 0) is 37.8 Å². The highest BCUT2D eigenvalue weighted by Crippen LogP contribution is 2.26. The zero-order chi connectivity index (χ0) is 12.8. The van der Waals surface area contributed by atoms with Gasteiger partial charge in [-0.15, -0.1) is 0 Å². The monoisotopic (exact) mass is 231 g/mol. The minimum atomic E-state index is 0.0347. The van der Waals surface area contributed by atoms with Crippen LogP contribution in [0.2, 0.25) is 0 Å². The van der Waals surface area contributed by atoms with Crippen molar-refractivity contribution in [1.29, 1.82) is 0 Å². The molecule has 0 unspecified atom stereocenters. The van der Waals surface area contributed by atoms with E-state index < -0.39 is 0 Å². The smallest absolute Gasteiger partial charge is 0.177 e. The molecule has 0 spiro atoms. The van der Waals surface area contributed by atoms with Gasteiger partial charge in [0.25, 0.3) is 0 Å². The minimum Gasteiger partial charge on any atom is -0.324 e. The lowest BCUT2D eigenvalue weighted by Gasteiger charge is -2.23. The third-order valence-corrected chi connectivity index (χ3v) is 2.99. The molecule has 2 aromatic heterocycles. The van der Waals surface area contributed by atoms with E-state index in [0.717, 1.165) is 11.2 Å². The number of hydrogen-bond donors (Lipinski definition) is 0. The number of nitrogens with zero attached hydrogens (tertiary/aromatic N) is 3. The van der Waals surface area contributed by atoms with Crippen molar-refractivity contribution < 1.29 is 0 Å². The van der Waals surface area contributed by atoms with Crippen LogP contribution in [0.3, 0.4) is 0 Å². The molecule has 2 heterocycles. The molecule has 0 amide bonds. The van der Waals surface area contributed by atoms with Crippen molar-refractivity contribution >= 4 is 11.2 Å². The molecular formula is C14H21N3. The first-order valence-corrected chi connectivity index (χ1v) is 6.04. The van der Waals surface area contributed by atoms with Crippen molar-refractivity contribution in [3.63, 3.8) is 0 Å². The van der Waals surface area contributed by atoms with Crippen LogP contribution in [0.25, 0.3) is 11.2 Å². The van der Waals surface area contributed by atoms with Crippen LogP contribution in [0.15, 0.2) is 18.6 Å². The zero-order valence-electron chi connectivity index (χ0n) is 11.6. The Morgan fingerprint density at radius 2 is 1.65 bits per heavy atom. The lowest BCUT2D eigenvalue weighted by atomic mass is 9.88. The van der Waals surface area contributed by atoms with Crippen LogP contribution in [-0.2, 0) is 11.0 Å². The number of pyridine rings is 1. The van der Waals surface area contributed by atoms with E-state index in [9.17, 15) is 0 Å². The summed E-state index contributed by atoms with van der Waals surface area (Å²) in [6.45, 7) is 13.1. The molecule has 0 aromatic carbocycles. The van der Waals surface area contributed by atoms with Crippen molar-refractivity contribution in [1.82, 2.24) is 14.5 Å². The molecule has 0 saturated heterocycles. The van der Waals surface area contributed by atoms with E-state index >= 15 is 0 Å². The average molecular weight is 231 g/mol. The lowest BCUT2D eigenvalue weighted by Crippen LogP contribution is -2.21. The molecule has 0 saturated carbocycles. The SMILES string of the molecule is CC(C)(C)c1cnc2ncn(C(C)(C)C)c2c1. The van der Waals surface area contributed by atoms with E-state index in [2.05, 4.69) is 62.1 Å². The van der Waals surface area contributed by atoms with E-state index in [1.165, 1.54) is 5.56 Å². The Bertz CT molecular complexity index is 539. The Kier molecular flexibility index (Phi) is 2.53. The molecule has 0 bridgehead atoms. The third kappa shape index (κ3) is 2.19. The second kappa shape index (κ2) is 3.56. The van der Waals surface area contributed by atoms with Gasteiger partial charge < -0.3 is 4.57 Å². The summed E-state index contributed by atoms with van der Waals surface area (Å²) in [5.74, 6) is 0. The van der Waals surface area contributed by atoms with Gasteiger partial charge in [-0.1, -0.05) is 20.8 Å². The van der Waals surface area contributed by atoms with Crippen LogP contribution < -0.4 is 0 Å². The maximum absolute atomic E-state index is 4.45. The summed E-state index contributed by atoms with van der Waals surface area (Å²) in [6, 6.07) is 2.21. The van der Waals surface area contributed by atoms with Crippen LogP contribution >= 0.6 is 0 Å². The maximum atomic E-state index is 4.45. The average Bonchev–Trinajstić information content (AvgIpc) is 2.57. The highest BCUT2D eigenvalue weighted by atomic mass is 15.1. The topological polar surface area (TPSA) is 30.7 Å². The molecule has 0 aliphatic rings. The Morgan fingerprint density at radius 1 is 1.00 bits per heavy atom. The fraction of sp³-hybridized carbons (Fsp3) is 0.571. The normalized spacial score (nSPS) is 13.3. The van der Waals surface area contributed by atoms with Gasteiger partial charge in [-0.25, -0.2) is 9.97 Å². The second-order valence-corrected chi connectivity index (χ2v) is 6.60. The van der Waals surface area contributed by atoms with Crippen molar-refractivity contribution in [3.8, 4) is 0 Å². The van der Waals surface area contributed by atoms with E-state index in [0.29, 0.717) is 0 Å². The molecule has 2 rings (SSSR count). The summed E-state index contributed by atoms with van der Waals surface area (Å²) in [6.07, 6.45) is 3.81. The van der Waals surface area contributed by atoms with Crippen LogP contribution in [0.1, 0.15) is 47.1 Å². The zero-order valence-corrected chi connectivity index (χ0v) is 11.6. The van der Waals surface area contributed by atoms with Crippen molar-refractivity contribution in [2.24, 2.45) is 0 Å². The molecular weight excluding hydrogens is 210 g/mol. The summed E-state index contributed by atoms with van der Waals surface area (Å²) < 4.78 is 2.19. The van der Waals surface area contributed by atoms with E-state index in [1.54, 1.807) is 0 Å². The first kappa shape index (κ1) is 12.1. The summed E-state index contributed by atoms with van der Waals surface area (Å²) in [4.78, 5) is 8.81. The van der Waals surface area contributed by atoms with Crippen LogP contribution in [0.5, 0.6) is 0 Å². The molecule has 2 aromatic rings. The van der Waals surface area contributed by atoms with Crippen molar-refractivity contribution in [2.45, 2.75) is 52.5 Å². The number of imidazole rings is 1. The number of aromatic nitrogens is 3. The van der Waals surface area contributed by atoms with E-state index in [-0.39, 0.29) is 11.0 Å². The number of fused-ring (bicyclic) bond motifs is 1. The van der Waals surface area contributed by atoms with Gasteiger partial charge in [0.05, 0.1) is 11.8 Å².